The van der Waals surface area contributed by atoms with Gasteiger partial charge in [-0.1, -0.05) is 20.8 Å². The van der Waals surface area contributed by atoms with E-state index in [1.807, 2.05) is 20.8 Å². The Labute approximate surface area is 116 Å². The van der Waals surface area contributed by atoms with Crippen molar-refractivity contribution in [3.63, 3.8) is 0 Å². The van der Waals surface area contributed by atoms with Crippen molar-refractivity contribution >= 4 is 22.8 Å². The van der Waals surface area contributed by atoms with E-state index in [1.54, 1.807) is 6.26 Å². The largest absolute Gasteiger partial charge is 0.481 e. The summed E-state index contributed by atoms with van der Waals surface area (Å²) in [5, 5.41) is 14.2. The van der Waals surface area contributed by atoms with Crippen LogP contribution >= 0.6 is 0 Å². The Kier molecular flexibility index (Phi) is 7.66. The van der Waals surface area contributed by atoms with E-state index >= 15 is 0 Å². The van der Waals surface area contributed by atoms with Crippen molar-refractivity contribution in [3.8, 4) is 0 Å². The topological polar surface area (TPSA) is 95.5 Å². The highest BCUT2D eigenvalue weighted by Gasteiger charge is 2.24. The number of hydrogen-bond donors (Lipinski definition) is 3. The Morgan fingerprint density at radius 3 is 2.26 bits per heavy atom. The Morgan fingerprint density at radius 2 is 1.84 bits per heavy atom. The van der Waals surface area contributed by atoms with Crippen LogP contribution in [0.1, 0.15) is 27.2 Å². The summed E-state index contributed by atoms with van der Waals surface area (Å²) in [6.45, 7) is 6.28. The lowest BCUT2D eigenvalue weighted by Crippen LogP contribution is -2.41. The fourth-order valence-corrected chi connectivity index (χ4v) is 1.96. The van der Waals surface area contributed by atoms with Crippen molar-refractivity contribution in [3.05, 3.63) is 0 Å². The van der Waals surface area contributed by atoms with Crippen LogP contribution in [0.4, 0.5) is 4.79 Å². The Balaban J connectivity index is 4.08. The predicted molar refractivity (Wildman–Crippen MR) is 75.5 cm³/mol. The molecule has 2 amide bonds. The van der Waals surface area contributed by atoms with E-state index in [2.05, 4.69) is 10.6 Å². The molecular formula is C12H24N2O4S. The zero-order chi connectivity index (χ0) is 15.1. The second-order valence-electron chi connectivity index (χ2n) is 5.71. The highest BCUT2D eigenvalue weighted by molar-refractivity contribution is 7.84. The number of carbonyl (C=O) groups is 2. The van der Waals surface area contributed by atoms with E-state index in [-0.39, 0.29) is 12.0 Å². The number of carboxylic acids is 1. The molecule has 0 aromatic heterocycles. The minimum absolute atomic E-state index is 0.0909. The number of rotatable bonds is 7. The first-order valence-corrected chi connectivity index (χ1v) is 7.89. The highest BCUT2D eigenvalue weighted by Crippen LogP contribution is 2.24. The summed E-state index contributed by atoms with van der Waals surface area (Å²) in [7, 11) is -0.952. The number of nitrogens with one attached hydrogen (secondary N) is 2. The van der Waals surface area contributed by atoms with Crippen LogP contribution in [-0.4, -0.2) is 46.4 Å². The maximum absolute atomic E-state index is 11.4. The zero-order valence-corrected chi connectivity index (χ0v) is 12.8. The van der Waals surface area contributed by atoms with Crippen molar-refractivity contribution in [2.45, 2.75) is 27.2 Å². The van der Waals surface area contributed by atoms with Gasteiger partial charge in [0, 0.05) is 35.9 Å². The van der Waals surface area contributed by atoms with Crippen LogP contribution < -0.4 is 10.6 Å². The molecule has 0 aromatic rings. The first kappa shape index (κ1) is 17.9. The molecule has 0 aliphatic rings. The summed E-state index contributed by atoms with van der Waals surface area (Å²) in [5.74, 6) is -1.13. The first-order valence-electron chi connectivity index (χ1n) is 6.16. The summed E-state index contributed by atoms with van der Waals surface area (Å²) in [6.07, 6.45) is 2.05. The molecule has 0 saturated heterocycles. The standard InChI is InChI=1S/C12H24N2O4S/c1-12(2,3)7-9(10(15)16)8-14-11(17)13-5-6-19(4)18/h9H,5-8H2,1-4H3,(H,15,16)(H2,13,14,17). The third-order valence-electron chi connectivity index (χ3n) is 2.39. The maximum Gasteiger partial charge on any atom is 0.314 e. The molecule has 0 heterocycles. The lowest BCUT2D eigenvalue weighted by Gasteiger charge is -2.23. The molecule has 7 heteroatoms. The molecule has 0 saturated carbocycles. The molecule has 19 heavy (non-hydrogen) atoms. The van der Waals surface area contributed by atoms with Crippen LogP contribution in [0.5, 0.6) is 0 Å². The quantitative estimate of drug-likeness (QED) is 0.647. The molecule has 6 nitrogen and oxygen atoms in total. The molecule has 2 atom stereocenters. The van der Waals surface area contributed by atoms with E-state index < -0.39 is 28.7 Å². The first-order chi connectivity index (χ1) is 8.61. The van der Waals surface area contributed by atoms with Crippen molar-refractivity contribution in [1.82, 2.24) is 10.6 Å². The number of carboxylic acid groups (broad SMARTS) is 1. The van der Waals surface area contributed by atoms with Gasteiger partial charge in [0.05, 0.1) is 5.92 Å². The van der Waals surface area contributed by atoms with Gasteiger partial charge in [-0.05, 0) is 11.8 Å². The number of aliphatic carboxylic acids is 1. The van der Waals surface area contributed by atoms with Gasteiger partial charge in [0.1, 0.15) is 0 Å². The van der Waals surface area contributed by atoms with Crippen LogP contribution in [0.25, 0.3) is 0 Å². The van der Waals surface area contributed by atoms with Crippen LogP contribution in [0.15, 0.2) is 0 Å². The van der Waals surface area contributed by atoms with E-state index in [0.717, 1.165) is 0 Å². The molecule has 0 bridgehead atoms. The summed E-state index contributed by atoms with van der Waals surface area (Å²) in [4.78, 5) is 22.5. The normalized spacial score (nSPS) is 14.5. The van der Waals surface area contributed by atoms with Gasteiger partial charge in [0.2, 0.25) is 0 Å². The van der Waals surface area contributed by atoms with Crippen LogP contribution in [0.3, 0.4) is 0 Å². The molecule has 0 fully saturated rings. The van der Waals surface area contributed by atoms with E-state index in [9.17, 15) is 13.8 Å². The van der Waals surface area contributed by atoms with Crippen LogP contribution in [-0.2, 0) is 15.6 Å². The number of hydrogen-bond acceptors (Lipinski definition) is 3. The SMILES string of the molecule is CS(=O)CCNC(=O)NCC(CC(C)(C)C)C(=O)O. The van der Waals surface area contributed by atoms with Gasteiger partial charge in [-0.15, -0.1) is 0 Å². The van der Waals surface area contributed by atoms with Crippen LogP contribution in [0, 0.1) is 11.3 Å². The molecule has 2 unspecified atom stereocenters. The predicted octanol–water partition coefficient (Wildman–Crippen LogP) is 0.801. The highest BCUT2D eigenvalue weighted by atomic mass is 32.2. The van der Waals surface area contributed by atoms with Crippen molar-refractivity contribution < 1.29 is 18.9 Å². The average Bonchev–Trinajstić information content (AvgIpc) is 2.21. The van der Waals surface area contributed by atoms with Gasteiger partial charge in [-0.3, -0.25) is 9.00 Å². The fraction of sp³-hybridized carbons (Fsp3) is 0.833. The number of amides is 2. The molecule has 3 N–H and O–H groups in total. The minimum atomic E-state index is -0.952. The monoisotopic (exact) mass is 292 g/mol. The minimum Gasteiger partial charge on any atom is -0.481 e. The molecule has 0 radical (unpaired) electrons. The molecule has 0 rings (SSSR count). The second kappa shape index (κ2) is 8.14. The lowest BCUT2D eigenvalue weighted by atomic mass is 9.84. The molecular weight excluding hydrogens is 268 g/mol. The molecule has 112 valence electrons. The second-order valence-corrected chi connectivity index (χ2v) is 7.27. The Hall–Kier alpha value is -1.11. The smallest absolute Gasteiger partial charge is 0.314 e. The summed E-state index contributed by atoms with van der Waals surface area (Å²) >= 11 is 0. The molecule has 0 spiro atoms. The van der Waals surface area contributed by atoms with Gasteiger partial charge in [-0.25, -0.2) is 4.79 Å². The molecule has 0 aliphatic heterocycles. The van der Waals surface area contributed by atoms with Gasteiger partial charge in [0.25, 0.3) is 0 Å². The maximum atomic E-state index is 11.4. The molecule has 0 aliphatic carbocycles. The fourth-order valence-electron chi connectivity index (χ4n) is 1.57. The third kappa shape index (κ3) is 10.5. The third-order valence-corrected chi connectivity index (χ3v) is 3.17. The average molecular weight is 292 g/mol. The Bertz CT molecular complexity index is 339. The van der Waals surface area contributed by atoms with E-state index in [4.69, 9.17) is 5.11 Å². The van der Waals surface area contributed by atoms with Gasteiger partial charge >= 0.3 is 12.0 Å². The lowest BCUT2D eigenvalue weighted by molar-refractivity contribution is -0.142. The molecule has 0 aromatic carbocycles. The number of urea groups is 1. The van der Waals surface area contributed by atoms with Gasteiger partial charge in [-0.2, -0.15) is 0 Å². The Morgan fingerprint density at radius 1 is 1.26 bits per heavy atom. The summed E-state index contributed by atoms with van der Waals surface area (Å²) in [6, 6.07) is -0.425. The van der Waals surface area contributed by atoms with Crippen molar-refractivity contribution in [2.75, 3.05) is 25.1 Å². The van der Waals surface area contributed by atoms with E-state index in [0.29, 0.717) is 18.7 Å². The van der Waals surface area contributed by atoms with Crippen molar-refractivity contribution in [1.29, 1.82) is 0 Å². The van der Waals surface area contributed by atoms with Gasteiger partial charge in [0.15, 0.2) is 0 Å². The number of carbonyl (C=O) groups excluding carboxylic acids is 1. The van der Waals surface area contributed by atoms with Crippen LogP contribution in [0.2, 0.25) is 0 Å². The summed E-state index contributed by atoms with van der Waals surface area (Å²) in [5.41, 5.74) is -0.111. The summed E-state index contributed by atoms with van der Waals surface area (Å²) < 4.78 is 10.8. The van der Waals surface area contributed by atoms with E-state index in [1.165, 1.54) is 0 Å². The van der Waals surface area contributed by atoms with Crippen molar-refractivity contribution in [2.24, 2.45) is 11.3 Å². The zero-order valence-electron chi connectivity index (χ0n) is 12.0. The van der Waals surface area contributed by atoms with Gasteiger partial charge < -0.3 is 15.7 Å².